The second-order valence-electron chi connectivity index (χ2n) is 6.71. The van der Waals surface area contributed by atoms with E-state index in [1.54, 1.807) is 23.1 Å². The normalized spacial score (nSPS) is 17.7. The lowest BCUT2D eigenvalue weighted by Crippen LogP contribution is -2.28. The van der Waals surface area contributed by atoms with E-state index in [2.05, 4.69) is 43.1 Å². The minimum absolute atomic E-state index is 0.0637. The third-order valence-corrected chi connectivity index (χ3v) is 5.96. The van der Waals surface area contributed by atoms with Crippen LogP contribution in [-0.4, -0.2) is 28.3 Å². The van der Waals surface area contributed by atoms with E-state index in [4.69, 9.17) is 4.74 Å². The van der Waals surface area contributed by atoms with Crippen molar-refractivity contribution in [1.29, 1.82) is 0 Å². The number of nitrogens with zero attached hydrogens (tertiary/aromatic N) is 2. The van der Waals surface area contributed by atoms with Crippen LogP contribution in [0, 0.1) is 6.92 Å². The highest BCUT2D eigenvalue weighted by Gasteiger charge is 2.30. The topological polar surface area (TPSA) is 52.1 Å². The van der Waals surface area contributed by atoms with E-state index in [1.807, 2.05) is 13.0 Å². The summed E-state index contributed by atoms with van der Waals surface area (Å²) in [5.74, 6) is 1.52. The summed E-state index contributed by atoms with van der Waals surface area (Å²) >= 11 is 3.16. The van der Waals surface area contributed by atoms with Crippen molar-refractivity contribution in [1.82, 2.24) is 10.2 Å². The van der Waals surface area contributed by atoms with Crippen LogP contribution in [0.25, 0.3) is 0 Å². The lowest BCUT2D eigenvalue weighted by atomic mass is 9.84. The molecular weight excluding hydrogens is 328 g/mol. The van der Waals surface area contributed by atoms with Crippen molar-refractivity contribution >= 4 is 28.9 Å². The van der Waals surface area contributed by atoms with E-state index < -0.39 is 0 Å². The molecule has 2 aromatic rings. The van der Waals surface area contributed by atoms with E-state index >= 15 is 0 Å². The van der Waals surface area contributed by atoms with Gasteiger partial charge in [0.1, 0.15) is 17.4 Å². The number of fused-ring (bicyclic) bond motifs is 1. The molecule has 4 nitrogen and oxygen atoms in total. The van der Waals surface area contributed by atoms with Crippen LogP contribution in [0.5, 0.6) is 5.75 Å². The van der Waals surface area contributed by atoms with E-state index in [-0.39, 0.29) is 23.7 Å². The Morgan fingerprint density at radius 1 is 1.35 bits per heavy atom. The highest BCUT2D eigenvalue weighted by molar-refractivity contribution is 8.01. The fraction of sp³-hybridized carbons (Fsp3) is 0.471. The van der Waals surface area contributed by atoms with Crippen LogP contribution in [0.3, 0.4) is 0 Å². The maximum atomic E-state index is 12.3. The van der Waals surface area contributed by atoms with E-state index in [0.29, 0.717) is 5.75 Å². The van der Waals surface area contributed by atoms with E-state index in [0.717, 1.165) is 20.7 Å². The fourth-order valence-corrected chi connectivity index (χ4v) is 4.50. The molecule has 0 radical (unpaired) electrons. The molecule has 6 heteroatoms. The summed E-state index contributed by atoms with van der Waals surface area (Å²) in [7, 11) is 0. The Balaban J connectivity index is 1.83. The van der Waals surface area contributed by atoms with Gasteiger partial charge < -0.3 is 4.74 Å². The molecule has 122 valence electrons. The quantitative estimate of drug-likeness (QED) is 0.785. The molecule has 0 spiro atoms. The first kappa shape index (κ1) is 16.5. The van der Waals surface area contributed by atoms with Crippen LogP contribution in [0.1, 0.15) is 42.8 Å². The van der Waals surface area contributed by atoms with E-state index in [9.17, 15) is 4.79 Å². The second-order valence-corrected chi connectivity index (χ2v) is 9.16. The third kappa shape index (κ3) is 3.58. The third-order valence-electron chi connectivity index (χ3n) is 3.89. The van der Waals surface area contributed by atoms with Crippen molar-refractivity contribution in [2.24, 2.45) is 0 Å². The summed E-state index contributed by atoms with van der Waals surface area (Å²) in [6.45, 7) is 8.61. The Hall–Kier alpha value is -1.40. The van der Waals surface area contributed by atoms with Gasteiger partial charge in [-0.3, -0.25) is 4.79 Å². The lowest BCUT2D eigenvalue weighted by Gasteiger charge is -2.27. The van der Waals surface area contributed by atoms with Gasteiger partial charge in [0, 0.05) is 11.3 Å². The average Bonchev–Trinajstić information content (AvgIpc) is 2.90. The Morgan fingerprint density at radius 2 is 2.13 bits per heavy atom. The second kappa shape index (κ2) is 6.24. The number of thioether (sulfide) groups is 1. The number of hydrogen-bond acceptors (Lipinski definition) is 6. The molecular formula is C17H20N2O2S2. The van der Waals surface area contributed by atoms with Crippen molar-refractivity contribution in [3.8, 4) is 5.75 Å². The van der Waals surface area contributed by atoms with Crippen molar-refractivity contribution in [2.45, 2.75) is 43.4 Å². The van der Waals surface area contributed by atoms with Gasteiger partial charge in [0.2, 0.25) is 0 Å². The van der Waals surface area contributed by atoms with Gasteiger partial charge in [-0.05, 0) is 24.0 Å². The largest absolute Gasteiger partial charge is 0.485 e. The first-order valence-corrected chi connectivity index (χ1v) is 9.37. The maximum absolute atomic E-state index is 12.3. The van der Waals surface area contributed by atoms with Crippen molar-refractivity contribution in [3.63, 3.8) is 0 Å². The highest BCUT2D eigenvalue weighted by Crippen LogP contribution is 2.38. The zero-order chi connectivity index (χ0) is 16.6. The summed E-state index contributed by atoms with van der Waals surface area (Å²) in [6, 6.07) is 6.23. The number of hydrogen-bond donors (Lipinski definition) is 0. The van der Waals surface area contributed by atoms with Gasteiger partial charge in [-0.1, -0.05) is 56.0 Å². The number of aromatic nitrogens is 2. The molecule has 0 fully saturated rings. The summed E-state index contributed by atoms with van der Waals surface area (Å²) in [6.07, 6.45) is 0. The molecule has 1 aromatic carbocycles. The number of benzene rings is 1. The molecule has 0 amide bonds. The van der Waals surface area contributed by atoms with Gasteiger partial charge in [0.05, 0.1) is 5.92 Å². The number of aryl methyl sites for hydroxylation is 1. The number of carbonyl (C=O) groups is 1. The van der Waals surface area contributed by atoms with Crippen LogP contribution in [0.4, 0.5) is 0 Å². The number of carbonyl (C=O) groups excluding carboxylic acids is 1. The lowest BCUT2D eigenvalue weighted by molar-refractivity contribution is -0.123. The number of ketones is 1. The summed E-state index contributed by atoms with van der Waals surface area (Å²) < 4.78 is 6.59. The fourth-order valence-electron chi connectivity index (χ4n) is 2.51. The predicted octanol–water partition coefficient (Wildman–Crippen LogP) is 3.98. The maximum Gasteiger partial charge on any atom is 0.178 e. The molecule has 23 heavy (non-hydrogen) atoms. The first-order valence-electron chi connectivity index (χ1n) is 7.57. The van der Waals surface area contributed by atoms with Gasteiger partial charge in [-0.25, -0.2) is 0 Å². The number of Topliss-reactive ketones (excluding diaryl/α,β-unsaturated/α-hetero) is 1. The summed E-state index contributed by atoms with van der Waals surface area (Å²) in [4.78, 5) is 12.3. The van der Waals surface area contributed by atoms with Gasteiger partial charge in [0.25, 0.3) is 0 Å². The summed E-state index contributed by atoms with van der Waals surface area (Å²) in [5.41, 5.74) is 2.27. The van der Waals surface area contributed by atoms with Crippen molar-refractivity contribution in [3.05, 3.63) is 34.3 Å². The molecule has 0 saturated heterocycles. The predicted molar refractivity (Wildman–Crippen MR) is 93.8 cm³/mol. The minimum atomic E-state index is -0.137. The standard InChI is InChI=1S/C17H20N2O2S2/c1-10-18-19-16(23-10)22-9-13-12-6-5-11(17(2,3)4)7-15(12)21-8-14(13)20/h5-7,13H,8-9H2,1-4H3. The van der Waals surface area contributed by atoms with Crippen LogP contribution in [-0.2, 0) is 10.2 Å². The Labute approximate surface area is 144 Å². The van der Waals surface area contributed by atoms with Gasteiger partial charge >= 0.3 is 0 Å². The van der Waals surface area contributed by atoms with Gasteiger partial charge in [0.15, 0.2) is 10.1 Å². The van der Waals surface area contributed by atoms with Crippen LogP contribution < -0.4 is 4.74 Å². The number of ether oxygens (including phenoxy) is 1. The molecule has 1 aliphatic rings. The molecule has 1 atom stereocenters. The summed E-state index contributed by atoms with van der Waals surface area (Å²) in [5, 5.41) is 9.08. The van der Waals surface area contributed by atoms with Crippen molar-refractivity contribution < 1.29 is 9.53 Å². The first-order chi connectivity index (χ1) is 10.8. The zero-order valence-corrected chi connectivity index (χ0v) is 15.4. The van der Waals surface area contributed by atoms with Gasteiger partial charge in [-0.15, -0.1) is 10.2 Å². The SMILES string of the molecule is Cc1nnc(SCC2C(=O)COc3cc(C(C)(C)C)ccc32)s1. The number of rotatable bonds is 3. The molecule has 0 bridgehead atoms. The van der Waals surface area contributed by atoms with Crippen LogP contribution in [0.15, 0.2) is 22.5 Å². The van der Waals surface area contributed by atoms with E-state index in [1.165, 1.54) is 5.56 Å². The monoisotopic (exact) mass is 348 g/mol. The Kier molecular flexibility index (Phi) is 4.47. The van der Waals surface area contributed by atoms with Crippen LogP contribution in [0.2, 0.25) is 0 Å². The zero-order valence-electron chi connectivity index (χ0n) is 13.8. The molecule has 2 heterocycles. The van der Waals surface area contributed by atoms with Crippen molar-refractivity contribution in [2.75, 3.05) is 12.4 Å². The highest BCUT2D eigenvalue weighted by atomic mass is 32.2. The van der Waals surface area contributed by atoms with Gasteiger partial charge in [-0.2, -0.15) is 0 Å². The molecule has 0 aliphatic carbocycles. The average molecular weight is 348 g/mol. The molecule has 1 unspecified atom stereocenters. The van der Waals surface area contributed by atoms with Crippen LogP contribution >= 0.6 is 23.1 Å². The Morgan fingerprint density at radius 3 is 2.78 bits per heavy atom. The molecule has 1 aromatic heterocycles. The molecule has 3 rings (SSSR count). The minimum Gasteiger partial charge on any atom is -0.485 e. The molecule has 0 N–H and O–H groups in total. The molecule has 1 aliphatic heterocycles. The smallest absolute Gasteiger partial charge is 0.178 e. The Bertz CT molecular complexity index is 734. The molecule has 0 saturated carbocycles.